The van der Waals surface area contributed by atoms with Crippen LogP contribution >= 0.6 is 12.6 Å². The fraction of sp³-hybridized carbons (Fsp3) is 0.667. The minimum Gasteiger partial charge on any atom is -0.480 e. The molecule has 0 saturated carbocycles. The summed E-state index contributed by atoms with van der Waals surface area (Å²) in [6.45, 7) is -2.06. The summed E-state index contributed by atoms with van der Waals surface area (Å²) in [5.41, 5.74) is 0. The molecule has 2 amide bonds. The van der Waals surface area contributed by atoms with Gasteiger partial charge >= 0.3 is 5.97 Å². The summed E-state index contributed by atoms with van der Waals surface area (Å²) in [5.74, 6) is -4.86. The van der Waals surface area contributed by atoms with Gasteiger partial charge in [-0.15, -0.1) is 0 Å². The van der Waals surface area contributed by atoms with Crippen molar-refractivity contribution in [2.75, 3.05) is 19.0 Å². The van der Waals surface area contributed by atoms with Crippen LogP contribution in [-0.4, -0.2) is 85.4 Å². The predicted molar refractivity (Wildman–Crippen MR) is 63.3 cm³/mol. The molecule has 19 heavy (non-hydrogen) atoms. The number of imide groups is 1. The number of carbonyl (C=O) groups is 3. The Kier molecular flexibility index (Phi) is 7.56. The normalized spacial score (nSPS) is 15.4. The number of aliphatic carboxylic acids is 1. The van der Waals surface area contributed by atoms with Gasteiger partial charge in [-0.05, 0) is 0 Å². The first kappa shape index (κ1) is 17.8. The Morgan fingerprint density at radius 1 is 1.00 bits per heavy atom. The third-order valence-electron chi connectivity index (χ3n) is 2.16. The van der Waals surface area contributed by atoms with E-state index in [0.717, 1.165) is 0 Å². The SMILES string of the molecule is O=C(O)C(CS)N(C(=O)C(O)CO)C(=O)C(O)CO. The first-order valence-electron chi connectivity index (χ1n) is 5.10. The van der Waals surface area contributed by atoms with Gasteiger partial charge in [-0.1, -0.05) is 0 Å². The molecular formula is C9H15NO8S. The van der Waals surface area contributed by atoms with Gasteiger partial charge in [0.1, 0.15) is 6.04 Å². The Bertz CT molecular complexity index is 327. The van der Waals surface area contributed by atoms with Gasteiger partial charge in [0, 0.05) is 5.75 Å². The van der Waals surface area contributed by atoms with Crippen molar-refractivity contribution in [3.05, 3.63) is 0 Å². The largest absolute Gasteiger partial charge is 0.480 e. The van der Waals surface area contributed by atoms with Crippen LogP contribution < -0.4 is 0 Å². The molecule has 0 rings (SSSR count). The van der Waals surface area contributed by atoms with Gasteiger partial charge in [0.15, 0.2) is 12.2 Å². The van der Waals surface area contributed by atoms with Crippen LogP contribution in [-0.2, 0) is 14.4 Å². The number of nitrogens with zero attached hydrogens (tertiary/aromatic N) is 1. The third-order valence-corrected chi connectivity index (χ3v) is 2.51. The van der Waals surface area contributed by atoms with Crippen LogP contribution in [0.1, 0.15) is 0 Å². The van der Waals surface area contributed by atoms with Crippen molar-refractivity contribution in [2.24, 2.45) is 0 Å². The first-order chi connectivity index (χ1) is 8.81. The molecule has 0 fully saturated rings. The lowest BCUT2D eigenvalue weighted by Crippen LogP contribution is -2.57. The van der Waals surface area contributed by atoms with Crippen molar-refractivity contribution in [1.82, 2.24) is 4.90 Å². The number of aliphatic hydroxyl groups excluding tert-OH is 4. The molecule has 0 radical (unpaired) electrons. The Hall–Kier alpha value is -1.20. The molecule has 0 aromatic carbocycles. The maximum Gasteiger partial charge on any atom is 0.327 e. The van der Waals surface area contributed by atoms with Gasteiger partial charge in [0.05, 0.1) is 13.2 Å². The topological polar surface area (TPSA) is 156 Å². The van der Waals surface area contributed by atoms with E-state index in [1.54, 1.807) is 0 Å². The van der Waals surface area contributed by atoms with Crippen LogP contribution in [0.25, 0.3) is 0 Å². The van der Waals surface area contributed by atoms with E-state index >= 15 is 0 Å². The number of amides is 2. The van der Waals surface area contributed by atoms with Gasteiger partial charge in [-0.3, -0.25) is 14.5 Å². The first-order valence-corrected chi connectivity index (χ1v) is 5.73. The van der Waals surface area contributed by atoms with Crippen molar-refractivity contribution in [2.45, 2.75) is 18.2 Å². The molecule has 0 aliphatic heterocycles. The van der Waals surface area contributed by atoms with Crippen LogP contribution in [0.4, 0.5) is 0 Å². The van der Waals surface area contributed by atoms with Crippen LogP contribution in [0.3, 0.4) is 0 Å². The van der Waals surface area contributed by atoms with E-state index < -0.39 is 55.0 Å². The van der Waals surface area contributed by atoms with E-state index in [1.807, 2.05) is 0 Å². The number of rotatable bonds is 7. The monoisotopic (exact) mass is 297 g/mol. The summed E-state index contributed by atoms with van der Waals surface area (Å²) in [5, 5.41) is 44.5. The molecule has 3 atom stereocenters. The summed E-state index contributed by atoms with van der Waals surface area (Å²) in [6, 6.07) is -1.74. The van der Waals surface area contributed by atoms with E-state index in [0.29, 0.717) is 0 Å². The molecule has 5 N–H and O–H groups in total. The van der Waals surface area contributed by atoms with Gasteiger partial charge in [0.2, 0.25) is 0 Å². The lowest BCUT2D eigenvalue weighted by atomic mass is 10.2. The molecule has 0 saturated heterocycles. The van der Waals surface area contributed by atoms with E-state index in [4.69, 9.17) is 15.3 Å². The number of carboxylic acid groups (broad SMARTS) is 1. The van der Waals surface area contributed by atoms with Crippen molar-refractivity contribution >= 4 is 30.4 Å². The Morgan fingerprint density at radius 3 is 1.58 bits per heavy atom. The lowest BCUT2D eigenvalue weighted by Gasteiger charge is -2.28. The average molecular weight is 297 g/mol. The van der Waals surface area contributed by atoms with Crippen LogP contribution in [0.2, 0.25) is 0 Å². The van der Waals surface area contributed by atoms with Crippen molar-refractivity contribution < 1.29 is 39.9 Å². The maximum absolute atomic E-state index is 11.6. The predicted octanol–water partition coefficient (Wildman–Crippen LogP) is -3.57. The standard InChI is InChI=1S/C9H15NO8S/c11-1-5(13)7(15)10(4(3-19)9(17)18)8(16)6(14)2-12/h4-6,11-14,19H,1-3H2,(H,17,18). The Morgan fingerprint density at radius 2 is 1.37 bits per heavy atom. The molecule has 3 unspecified atom stereocenters. The molecule has 0 spiro atoms. The highest BCUT2D eigenvalue weighted by atomic mass is 32.1. The third kappa shape index (κ3) is 4.44. The number of thiol groups is 1. The highest BCUT2D eigenvalue weighted by Crippen LogP contribution is 2.09. The molecule has 0 bridgehead atoms. The summed E-state index contributed by atoms with van der Waals surface area (Å²) in [6.07, 6.45) is -4.03. The van der Waals surface area contributed by atoms with Crippen LogP contribution in [0.15, 0.2) is 0 Å². The zero-order chi connectivity index (χ0) is 15.2. The average Bonchev–Trinajstić information content (AvgIpc) is 2.40. The summed E-state index contributed by atoms with van der Waals surface area (Å²) >= 11 is 3.66. The fourth-order valence-electron chi connectivity index (χ4n) is 1.16. The number of carboxylic acids is 1. The zero-order valence-electron chi connectivity index (χ0n) is 9.71. The maximum atomic E-state index is 11.6. The second-order valence-corrected chi connectivity index (χ2v) is 3.84. The quantitative estimate of drug-likeness (QED) is 0.264. The zero-order valence-corrected chi connectivity index (χ0v) is 10.6. The van der Waals surface area contributed by atoms with Crippen molar-refractivity contribution in [3.63, 3.8) is 0 Å². The molecule has 110 valence electrons. The molecule has 0 heterocycles. The summed E-state index contributed by atoms with van der Waals surface area (Å²) in [7, 11) is 0. The molecule has 0 aromatic rings. The second-order valence-electron chi connectivity index (χ2n) is 3.48. The Balaban J connectivity index is 5.41. The molecule has 0 aromatic heterocycles. The number of aliphatic hydroxyl groups is 4. The minimum atomic E-state index is -2.02. The molecule has 0 aliphatic carbocycles. The van der Waals surface area contributed by atoms with E-state index in [9.17, 15) is 24.6 Å². The van der Waals surface area contributed by atoms with Crippen LogP contribution in [0, 0.1) is 0 Å². The van der Waals surface area contributed by atoms with Gasteiger partial charge < -0.3 is 25.5 Å². The molecule has 9 nitrogen and oxygen atoms in total. The lowest BCUT2D eigenvalue weighted by molar-refractivity contribution is -0.166. The van der Waals surface area contributed by atoms with E-state index in [2.05, 4.69) is 12.6 Å². The fourth-order valence-corrected chi connectivity index (χ4v) is 1.48. The molecule has 0 aliphatic rings. The smallest absolute Gasteiger partial charge is 0.327 e. The van der Waals surface area contributed by atoms with Crippen molar-refractivity contribution in [3.8, 4) is 0 Å². The number of hydrogen-bond acceptors (Lipinski definition) is 8. The highest BCUT2D eigenvalue weighted by Gasteiger charge is 2.39. The summed E-state index contributed by atoms with van der Waals surface area (Å²) < 4.78 is 0. The van der Waals surface area contributed by atoms with Gasteiger partial charge in [-0.2, -0.15) is 12.6 Å². The van der Waals surface area contributed by atoms with Crippen LogP contribution in [0.5, 0.6) is 0 Å². The van der Waals surface area contributed by atoms with E-state index in [1.165, 1.54) is 0 Å². The highest BCUT2D eigenvalue weighted by molar-refractivity contribution is 7.80. The number of hydrogen-bond donors (Lipinski definition) is 6. The van der Waals surface area contributed by atoms with Gasteiger partial charge in [-0.25, -0.2) is 4.79 Å². The van der Waals surface area contributed by atoms with Crippen molar-refractivity contribution in [1.29, 1.82) is 0 Å². The van der Waals surface area contributed by atoms with Gasteiger partial charge in [0.25, 0.3) is 11.8 Å². The number of carbonyl (C=O) groups excluding carboxylic acids is 2. The molecular weight excluding hydrogens is 282 g/mol. The Labute approximate surface area is 113 Å². The second kappa shape index (κ2) is 8.07. The molecule has 10 heteroatoms. The summed E-state index contributed by atoms with van der Waals surface area (Å²) in [4.78, 5) is 34.3. The minimum absolute atomic E-state index is 0.0666. The van der Waals surface area contributed by atoms with E-state index in [-0.39, 0.29) is 4.90 Å².